The second kappa shape index (κ2) is 7.79. The Morgan fingerprint density at radius 1 is 0.931 bits per heavy atom. The second-order valence-corrected chi connectivity index (χ2v) is 7.43. The Labute approximate surface area is 171 Å². The van der Waals surface area contributed by atoms with E-state index in [0.717, 1.165) is 74.4 Å². The molecule has 0 spiro atoms. The predicted molar refractivity (Wildman–Crippen MR) is 115 cm³/mol. The van der Waals surface area contributed by atoms with Crippen molar-refractivity contribution in [1.82, 2.24) is 15.0 Å². The molecule has 1 saturated heterocycles. The Balaban J connectivity index is 1.62. The van der Waals surface area contributed by atoms with Crippen LogP contribution in [-0.2, 0) is 17.6 Å². The smallest absolute Gasteiger partial charge is 0.228 e. The van der Waals surface area contributed by atoms with E-state index in [1.807, 2.05) is 24.5 Å². The first kappa shape index (κ1) is 18.1. The van der Waals surface area contributed by atoms with Crippen molar-refractivity contribution in [2.24, 2.45) is 0 Å². The number of benzene rings is 1. The Kier molecular flexibility index (Phi) is 4.86. The topological polar surface area (TPSA) is 54.4 Å². The highest BCUT2D eigenvalue weighted by atomic mass is 16.5. The Morgan fingerprint density at radius 3 is 2.41 bits per heavy atom. The number of nitrogens with zero attached hydrogens (tertiary/aromatic N) is 5. The summed E-state index contributed by atoms with van der Waals surface area (Å²) in [5.74, 6) is 1.81. The Bertz CT molecular complexity index is 984. The fourth-order valence-corrected chi connectivity index (χ4v) is 4.06. The van der Waals surface area contributed by atoms with Gasteiger partial charge in [0.25, 0.3) is 0 Å². The molecule has 3 aromatic rings. The van der Waals surface area contributed by atoms with Crippen LogP contribution in [0.25, 0.3) is 11.3 Å². The van der Waals surface area contributed by atoms with Crippen LogP contribution < -0.4 is 9.80 Å². The third-order valence-corrected chi connectivity index (χ3v) is 5.72. The lowest BCUT2D eigenvalue weighted by Gasteiger charge is -2.28. The summed E-state index contributed by atoms with van der Waals surface area (Å²) in [4.78, 5) is 18.7. The number of aromatic nitrogens is 3. The number of hydrogen-bond acceptors (Lipinski definition) is 6. The average Bonchev–Trinajstić information content (AvgIpc) is 3.24. The fourth-order valence-electron chi connectivity index (χ4n) is 4.06. The number of morpholine rings is 1. The number of anilines is 3. The summed E-state index contributed by atoms with van der Waals surface area (Å²) in [5.41, 5.74) is 5.90. The molecule has 2 aromatic heterocycles. The zero-order chi connectivity index (χ0) is 19.6. The molecular weight excluding hydrogens is 362 g/mol. The van der Waals surface area contributed by atoms with Crippen molar-refractivity contribution in [3.8, 4) is 11.3 Å². The van der Waals surface area contributed by atoms with E-state index in [0.29, 0.717) is 0 Å². The molecule has 4 heterocycles. The van der Waals surface area contributed by atoms with Crippen LogP contribution in [0.2, 0.25) is 0 Å². The average molecular weight is 387 g/mol. The summed E-state index contributed by atoms with van der Waals surface area (Å²) in [6.07, 6.45) is 5.65. The molecule has 0 bridgehead atoms. The molecule has 1 aromatic carbocycles. The second-order valence-electron chi connectivity index (χ2n) is 7.43. The monoisotopic (exact) mass is 387 g/mol. The summed E-state index contributed by atoms with van der Waals surface area (Å²) in [6, 6.07) is 12.9. The van der Waals surface area contributed by atoms with E-state index in [-0.39, 0.29) is 0 Å². The molecule has 1 fully saturated rings. The number of hydrogen-bond donors (Lipinski definition) is 0. The van der Waals surface area contributed by atoms with Gasteiger partial charge in [-0.1, -0.05) is 31.2 Å². The van der Waals surface area contributed by atoms with Gasteiger partial charge in [0.15, 0.2) is 0 Å². The molecule has 148 valence electrons. The highest BCUT2D eigenvalue weighted by molar-refractivity contribution is 5.77. The van der Waals surface area contributed by atoms with Gasteiger partial charge in [0.2, 0.25) is 5.95 Å². The summed E-state index contributed by atoms with van der Waals surface area (Å²) in [6.45, 7) is 6.16. The van der Waals surface area contributed by atoms with Crippen molar-refractivity contribution < 1.29 is 4.74 Å². The van der Waals surface area contributed by atoms with Gasteiger partial charge in [-0.25, -0.2) is 4.98 Å². The summed E-state index contributed by atoms with van der Waals surface area (Å²) in [7, 11) is 0. The number of rotatable bonds is 4. The fraction of sp³-hybridized carbons (Fsp3) is 0.348. The highest BCUT2D eigenvalue weighted by Gasteiger charge is 2.29. The van der Waals surface area contributed by atoms with Gasteiger partial charge in [0.05, 0.1) is 18.9 Å². The molecular formula is C23H25N5O. The highest BCUT2D eigenvalue weighted by Crippen LogP contribution is 2.39. The van der Waals surface area contributed by atoms with Crippen LogP contribution in [0.5, 0.6) is 0 Å². The SMILES string of the molecule is CCc1ccc(-c2nc(N3CCOCC3)nc3c2CCN3c2ccncc2)cc1. The lowest BCUT2D eigenvalue weighted by molar-refractivity contribution is 0.122. The third kappa shape index (κ3) is 3.44. The minimum Gasteiger partial charge on any atom is -0.378 e. The molecule has 2 aliphatic rings. The van der Waals surface area contributed by atoms with Gasteiger partial charge < -0.3 is 14.5 Å². The predicted octanol–water partition coefficient (Wildman–Crippen LogP) is 3.63. The van der Waals surface area contributed by atoms with Gasteiger partial charge in [-0.3, -0.25) is 4.98 Å². The van der Waals surface area contributed by atoms with Crippen molar-refractivity contribution in [2.45, 2.75) is 19.8 Å². The van der Waals surface area contributed by atoms with Gasteiger partial charge in [0, 0.05) is 48.8 Å². The first-order chi connectivity index (χ1) is 14.3. The zero-order valence-electron chi connectivity index (χ0n) is 16.7. The van der Waals surface area contributed by atoms with E-state index in [4.69, 9.17) is 14.7 Å². The first-order valence-corrected chi connectivity index (χ1v) is 10.3. The van der Waals surface area contributed by atoms with E-state index >= 15 is 0 Å². The minimum atomic E-state index is 0.717. The number of pyridine rings is 1. The molecule has 0 aliphatic carbocycles. The van der Waals surface area contributed by atoms with E-state index in [1.165, 1.54) is 11.1 Å². The molecule has 6 nitrogen and oxygen atoms in total. The van der Waals surface area contributed by atoms with Gasteiger partial charge in [-0.15, -0.1) is 0 Å². The van der Waals surface area contributed by atoms with Crippen molar-refractivity contribution in [3.05, 3.63) is 59.9 Å². The van der Waals surface area contributed by atoms with Gasteiger partial charge in [0.1, 0.15) is 5.82 Å². The summed E-state index contributed by atoms with van der Waals surface area (Å²) in [5, 5.41) is 0. The third-order valence-electron chi connectivity index (χ3n) is 5.72. The van der Waals surface area contributed by atoms with Crippen molar-refractivity contribution in [3.63, 3.8) is 0 Å². The Morgan fingerprint density at radius 2 is 1.69 bits per heavy atom. The maximum Gasteiger partial charge on any atom is 0.228 e. The van der Waals surface area contributed by atoms with Crippen LogP contribution in [0.4, 0.5) is 17.5 Å². The van der Waals surface area contributed by atoms with Crippen LogP contribution in [0, 0.1) is 0 Å². The van der Waals surface area contributed by atoms with Crippen LogP contribution in [0.3, 0.4) is 0 Å². The normalized spacial score (nSPS) is 16.2. The maximum atomic E-state index is 5.53. The van der Waals surface area contributed by atoms with Gasteiger partial charge in [-0.2, -0.15) is 4.98 Å². The molecule has 0 saturated carbocycles. The Hall–Kier alpha value is -2.99. The van der Waals surface area contributed by atoms with E-state index in [9.17, 15) is 0 Å². The quantitative estimate of drug-likeness (QED) is 0.681. The molecule has 0 unspecified atom stereocenters. The summed E-state index contributed by atoms with van der Waals surface area (Å²) >= 11 is 0. The molecule has 0 radical (unpaired) electrons. The lowest BCUT2D eigenvalue weighted by Crippen LogP contribution is -2.37. The van der Waals surface area contributed by atoms with Gasteiger partial charge in [-0.05, 0) is 30.5 Å². The standard InChI is InChI=1S/C23H25N5O/c1-2-17-3-5-18(6-4-17)21-20-9-12-28(19-7-10-24-11-8-19)22(20)26-23(25-21)27-13-15-29-16-14-27/h3-8,10-11H,2,9,12-16H2,1H3. The molecule has 2 aliphatic heterocycles. The number of fused-ring (bicyclic) bond motifs is 1. The first-order valence-electron chi connectivity index (χ1n) is 10.3. The van der Waals surface area contributed by atoms with E-state index in [2.05, 4.69) is 46.0 Å². The minimum absolute atomic E-state index is 0.717. The molecule has 29 heavy (non-hydrogen) atoms. The van der Waals surface area contributed by atoms with Gasteiger partial charge >= 0.3 is 0 Å². The summed E-state index contributed by atoms with van der Waals surface area (Å²) < 4.78 is 5.53. The van der Waals surface area contributed by atoms with Crippen molar-refractivity contribution >= 4 is 17.5 Å². The molecule has 5 rings (SSSR count). The van der Waals surface area contributed by atoms with Crippen LogP contribution >= 0.6 is 0 Å². The molecule has 0 N–H and O–H groups in total. The maximum absolute atomic E-state index is 5.53. The van der Waals surface area contributed by atoms with Crippen LogP contribution in [-0.4, -0.2) is 47.8 Å². The number of aryl methyl sites for hydroxylation is 1. The van der Waals surface area contributed by atoms with Crippen LogP contribution in [0.1, 0.15) is 18.1 Å². The van der Waals surface area contributed by atoms with Crippen molar-refractivity contribution in [2.75, 3.05) is 42.6 Å². The molecule has 0 amide bonds. The van der Waals surface area contributed by atoms with Crippen LogP contribution in [0.15, 0.2) is 48.8 Å². The molecule has 6 heteroatoms. The lowest BCUT2D eigenvalue weighted by atomic mass is 10.0. The van der Waals surface area contributed by atoms with Crippen molar-refractivity contribution in [1.29, 1.82) is 0 Å². The largest absolute Gasteiger partial charge is 0.378 e. The molecule has 0 atom stereocenters. The van der Waals surface area contributed by atoms with E-state index in [1.54, 1.807) is 0 Å². The van der Waals surface area contributed by atoms with E-state index < -0.39 is 0 Å². The number of ether oxygens (including phenoxy) is 1. The zero-order valence-corrected chi connectivity index (χ0v) is 16.7.